The van der Waals surface area contributed by atoms with Gasteiger partial charge in [0.2, 0.25) is 11.7 Å². The predicted molar refractivity (Wildman–Crippen MR) is 104 cm³/mol. The summed E-state index contributed by atoms with van der Waals surface area (Å²) in [5.41, 5.74) is 0.254. The number of nitrogens with zero attached hydrogens (tertiary/aromatic N) is 3. The Bertz CT molecular complexity index is 1130. The monoisotopic (exact) mass is 406 g/mol. The molecule has 0 saturated carbocycles. The Morgan fingerprint density at radius 2 is 1.97 bits per heavy atom. The highest BCUT2D eigenvalue weighted by molar-refractivity contribution is 6.07. The number of amides is 3. The second kappa shape index (κ2) is 6.87. The third-order valence-corrected chi connectivity index (χ3v) is 5.37. The van der Waals surface area contributed by atoms with Gasteiger partial charge in [0.1, 0.15) is 18.0 Å². The van der Waals surface area contributed by atoms with Crippen LogP contribution in [0.4, 0.5) is 4.79 Å². The highest BCUT2D eigenvalue weighted by Gasteiger charge is 2.55. The second-order valence-corrected chi connectivity index (χ2v) is 7.06. The number of methoxy groups -OCH3 is 1. The molecule has 1 spiro atoms. The van der Waals surface area contributed by atoms with Crippen LogP contribution >= 0.6 is 0 Å². The number of hydrogen-bond donors (Lipinski definition) is 1. The molecule has 2 aliphatic heterocycles. The van der Waals surface area contributed by atoms with Gasteiger partial charge in [-0.2, -0.15) is 4.98 Å². The molecule has 5 rings (SSSR count). The Balaban J connectivity index is 1.40. The molecule has 3 heterocycles. The van der Waals surface area contributed by atoms with E-state index in [0.717, 1.165) is 10.5 Å². The van der Waals surface area contributed by atoms with Gasteiger partial charge in [0.25, 0.3) is 5.91 Å². The molecule has 1 atom stereocenters. The van der Waals surface area contributed by atoms with Crippen LogP contribution in [-0.2, 0) is 16.9 Å². The average Bonchev–Trinajstić information content (AvgIpc) is 3.34. The van der Waals surface area contributed by atoms with Gasteiger partial charge in [0, 0.05) is 17.5 Å². The molecule has 0 aliphatic carbocycles. The molecule has 9 nitrogen and oxygen atoms in total. The summed E-state index contributed by atoms with van der Waals surface area (Å²) in [6.45, 7) is 0.220. The molecular formula is C21H18N4O5. The van der Waals surface area contributed by atoms with E-state index in [1.807, 2.05) is 12.1 Å². The largest absolute Gasteiger partial charge is 0.497 e. The van der Waals surface area contributed by atoms with Crippen LogP contribution in [0.5, 0.6) is 11.5 Å². The lowest BCUT2D eigenvalue weighted by Crippen LogP contribution is -2.47. The summed E-state index contributed by atoms with van der Waals surface area (Å²) < 4.78 is 16.1. The van der Waals surface area contributed by atoms with E-state index >= 15 is 0 Å². The minimum Gasteiger partial charge on any atom is -0.497 e. The molecule has 1 aromatic heterocycles. The molecule has 1 fully saturated rings. The van der Waals surface area contributed by atoms with E-state index in [0.29, 0.717) is 35.9 Å². The lowest BCUT2D eigenvalue weighted by Gasteiger charge is -2.33. The molecule has 152 valence electrons. The zero-order valence-corrected chi connectivity index (χ0v) is 16.1. The normalized spacial score (nSPS) is 20.1. The Hall–Kier alpha value is -3.88. The number of benzene rings is 2. The first-order chi connectivity index (χ1) is 14.6. The first-order valence-electron chi connectivity index (χ1n) is 9.44. The number of imide groups is 1. The van der Waals surface area contributed by atoms with E-state index < -0.39 is 11.6 Å². The van der Waals surface area contributed by atoms with Gasteiger partial charge in [-0.25, -0.2) is 4.79 Å². The summed E-state index contributed by atoms with van der Waals surface area (Å²) in [6.07, 6.45) is 0.353. The molecule has 3 amide bonds. The molecular weight excluding hydrogens is 388 g/mol. The minimum absolute atomic E-state index is 0.113. The molecule has 2 aromatic carbocycles. The van der Waals surface area contributed by atoms with Crippen molar-refractivity contribution >= 4 is 11.9 Å². The topological polar surface area (TPSA) is 107 Å². The van der Waals surface area contributed by atoms with Gasteiger partial charge in [-0.3, -0.25) is 9.69 Å². The fraction of sp³-hybridized carbons (Fsp3) is 0.238. The van der Waals surface area contributed by atoms with Crippen LogP contribution in [0.3, 0.4) is 0 Å². The van der Waals surface area contributed by atoms with Gasteiger partial charge in [-0.1, -0.05) is 23.4 Å². The molecule has 0 radical (unpaired) electrons. The van der Waals surface area contributed by atoms with E-state index in [-0.39, 0.29) is 18.3 Å². The number of ether oxygens (including phenoxy) is 2. The lowest BCUT2D eigenvalue weighted by atomic mass is 9.84. The molecule has 9 heteroatoms. The van der Waals surface area contributed by atoms with Crippen LogP contribution in [0, 0.1) is 0 Å². The number of fused-ring (bicyclic) bond motifs is 2. The molecule has 30 heavy (non-hydrogen) atoms. The van der Waals surface area contributed by atoms with E-state index in [2.05, 4.69) is 15.5 Å². The van der Waals surface area contributed by atoms with Gasteiger partial charge < -0.3 is 19.3 Å². The number of aromatic nitrogens is 2. The van der Waals surface area contributed by atoms with Crippen LogP contribution in [0.1, 0.15) is 17.9 Å². The molecule has 1 saturated heterocycles. The zero-order valence-electron chi connectivity index (χ0n) is 16.1. The van der Waals surface area contributed by atoms with Crippen LogP contribution in [-0.4, -0.2) is 40.7 Å². The van der Waals surface area contributed by atoms with Crippen molar-refractivity contribution in [1.29, 1.82) is 0 Å². The highest BCUT2D eigenvalue weighted by atomic mass is 16.5. The van der Waals surface area contributed by atoms with Crippen LogP contribution < -0.4 is 14.8 Å². The quantitative estimate of drug-likeness (QED) is 0.663. The standard InChI is InChI=1S/C21H18N4O5/c1-28-14-8-6-13(7-9-14)18-22-17(30-24-18)12-25-19(26)21(23-20(25)27)10-11-29-16-5-3-2-4-15(16)21/h2-9H,10-12H2,1H3,(H,23,27)/t21-/m1/s1. The molecule has 0 bridgehead atoms. The summed E-state index contributed by atoms with van der Waals surface area (Å²) in [5.74, 6) is 1.49. The second-order valence-electron chi connectivity index (χ2n) is 7.06. The maximum absolute atomic E-state index is 13.3. The molecule has 1 N–H and O–H groups in total. The summed E-state index contributed by atoms with van der Waals surface area (Å²) in [5, 5.41) is 6.81. The van der Waals surface area contributed by atoms with E-state index in [1.54, 1.807) is 43.5 Å². The number of carbonyl (C=O) groups excluding carboxylic acids is 2. The SMILES string of the molecule is COc1ccc(-c2noc(CN3C(=O)N[C@@]4(CCOc5ccccc54)C3=O)n2)cc1. The van der Waals surface area contributed by atoms with E-state index in [9.17, 15) is 9.59 Å². The number of rotatable bonds is 4. The van der Waals surface area contributed by atoms with Gasteiger partial charge in [-0.15, -0.1) is 0 Å². The fourth-order valence-electron chi connectivity index (χ4n) is 3.83. The minimum atomic E-state index is -1.13. The average molecular weight is 406 g/mol. The van der Waals surface area contributed by atoms with Crippen molar-refractivity contribution in [1.82, 2.24) is 20.4 Å². The summed E-state index contributed by atoms with van der Waals surface area (Å²) >= 11 is 0. The van der Waals surface area contributed by atoms with Crippen molar-refractivity contribution < 1.29 is 23.6 Å². The fourth-order valence-corrected chi connectivity index (χ4v) is 3.83. The predicted octanol–water partition coefficient (Wildman–Crippen LogP) is 2.48. The van der Waals surface area contributed by atoms with E-state index in [4.69, 9.17) is 14.0 Å². The van der Waals surface area contributed by atoms with Crippen molar-refractivity contribution in [3.05, 3.63) is 60.0 Å². The van der Waals surface area contributed by atoms with Crippen molar-refractivity contribution in [3.63, 3.8) is 0 Å². The maximum atomic E-state index is 13.3. The van der Waals surface area contributed by atoms with Crippen molar-refractivity contribution in [2.24, 2.45) is 0 Å². The van der Waals surface area contributed by atoms with Gasteiger partial charge in [0.05, 0.1) is 13.7 Å². The number of para-hydroxylation sites is 1. The summed E-state index contributed by atoms with van der Waals surface area (Å²) in [6, 6.07) is 13.9. The Kier molecular flexibility index (Phi) is 4.16. The van der Waals surface area contributed by atoms with Crippen LogP contribution in [0.15, 0.2) is 53.1 Å². The third-order valence-electron chi connectivity index (χ3n) is 5.37. The maximum Gasteiger partial charge on any atom is 0.325 e. The van der Waals surface area contributed by atoms with Crippen molar-refractivity contribution in [2.75, 3.05) is 13.7 Å². The zero-order chi connectivity index (χ0) is 20.7. The first-order valence-corrected chi connectivity index (χ1v) is 9.44. The van der Waals surface area contributed by atoms with Gasteiger partial charge >= 0.3 is 6.03 Å². The van der Waals surface area contributed by atoms with Gasteiger partial charge in [0.15, 0.2) is 5.54 Å². The smallest absolute Gasteiger partial charge is 0.325 e. The van der Waals surface area contributed by atoms with Crippen molar-refractivity contribution in [2.45, 2.75) is 18.5 Å². The van der Waals surface area contributed by atoms with Crippen molar-refractivity contribution in [3.8, 4) is 22.9 Å². The molecule has 3 aromatic rings. The Morgan fingerprint density at radius 1 is 1.17 bits per heavy atom. The number of nitrogens with one attached hydrogen (secondary N) is 1. The first kappa shape index (κ1) is 18.2. The Morgan fingerprint density at radius 3 is 2.77 bits per heavy atom. The lowest BCUT2D eigenvalue weighted by molar-refractivity contribution is -0.133. The Labute approximate surface area is 171 Å². The highest BCUT2D eigenvalue weighted by Crippen LogP contribution is 2.41. The molecule has 0 unspecified atom stereocenters. The van der Waals surface area contributed by atoms with Gasteiger partial charge in [-0.05, 0) is 30.3 Å². The summed E-state index contributed by atoms with van der Waals surface area (Å²) in [7, 11) is 1.59. The number of urea groups is 1. The van der Waals surface area contributed by atoms with Crippen LogP contribution in [0.2, 0.25) is 0 Å². The number of hydrogen-bond acceptors (Lipinski definition) is 7. The number of carbonyl (C=O) groups is 2. The van der Waals surface area contributed by atoms with Crippen LogP contribution in [0.25, 0.3) is 11.4 Å². The summed E-state index contributed by atoms with van der Waals surface area (Å²) in [4.78, 5) is 31.4. The molecule has 2 aliphatic rings. The van der Waals surface area contributed by atoms with E-state index in [1.165, 1.54) is 0 Å². The third kappa shape index (κ3) is 2.78.